The molecule has 2 heterocycles. The molecule has 0 aliphatic carbocycles. The molecule has 4 nitrogen and oxygen atoms in total. The van der Waals surface area contributed by atoms with Crippen LogP contribution in [-0.2, 0) is 6.42 Å². The predicted octanol–water partition coefficient (Wildman–Crippen LogP) is 2.36. The highest BCUT2D eigenvalue weighted by Crippen LogP contribution is 2.21. The topological polar surface area (TPSA) is 62.2 Å². The number of aromatic nitrogens is 1. The average molecular weight is 292 g/mol. The van der Waals surface area contributed by atoms with Crippen molar-refractivity contribution >= 4 is 33.7 Å². The number of rotatable bonds is 3. The van der Waals surface area contributed by atoms with Crippen LogP contribution in [0.4, 0.5) is 5.13 Å². The lowest BCUT2D eigenvalue weighted by Crippen LogP contribution is -2.11. The number of thiazole rings is 1. The van der Waals surface area contributed by atoms with Crippen molar-refractivity contribution in [2.75, 3.05) is 11.9 Å². The number of amides is 1. The van der Waals surface area contributed by atoms with Crippen LogP contribution >= 0.6 is 22.7 Å². The molecule has 0 spiro atoms. The first-order chi connectivity index (χ1) is 9.24. The number of nitrogens with zero attached hydrogens (tertiary/aromatic N) is 1. The molecule has 2 N–H and O–H groups in total. The molecular weight excluding hydrogens is 280 g/mol. The molecule has 19 heavy (non-hydrogen) atoms. The molecule has 98 valence electrons. The van der Waals surface area contributed by atoms with Gasteiger partial charge in [-0.1, -0.05) is 30.1 Å². The highest BCUT2D eigenvalue weighted by molar-refractivity contribution is 7.16. The number of carbonyl (C=O) groups is 1. The van der Waals surface area contributed by atoms with E-state index in [2.05, 4.69) is 22.1 Å². The smallest absolute Gasteiger partial charge is 0.267 e. The molecule has 0 aliphatic rings. The normalized spacial score (nSPS) is 9.79. The molecule has 0 aromatic carbocycles. The Morgan fingerprint density at radius 3 is 3.16 bits per heavy atom. The van der Waals surface area contributed by atoms with Crippen LogP contribution < -0.4 is 5.32 Å². The molecule has 0 aliphatic heterocycles. The van der Waals surface area contributed by atoms with Gasteiger partial charge in [-0.15, -0.1) is 11.3 Å². The summed E-state index contributed by atoms with van der Waals surface area (Å²) in [6, 6.07) is 1.96. The van der Waals surface area contributed by atoms with E-state index in [4.69, 9.17) is 5.11 Å². The molecular formula is C13H12N2O2S2. The molecule has 0 radical (unpaired) electrons. The predicted molar refractivity (Wildman–Crippen MR) is 77.7 cm³/mol. The third kappa shape index (κ3) is 3.41. The van der Waals surface area contributed by atoms with Gasteiger partial charge in [0.25, 0.3) is 5.91 Å². The first-order valence-corrected chi connectivity index (χ1v) is 7.37. The van der Waals surface area contributed by atoms with Gasteiger partial charge in [-0.3, -0.25) is 10.1 Å². The Hall–Kier alpha value is -1.68. The summed E-state index contributed by atoms with van der Waals surface area (Å²) in [6.07, 6.45) is 2.41. The Balaban J connectivity index is 2.09. The van der Waals surface area contributed by atoms with Crippen LogP contribution in [0.1, 0.15) is 27.0 Å². The van der Waals surface area contributed by atoms with E-state index in [9.17, 15) is 4.79 Å². The summed E-state index contributed by atoms with van der Waals surface area (Å²) in [4.78, 5) is 17.6. The van der Waals surface area contributed by atoms with Crippen molar-refractivity contribution in [3.8, 4) is 11.8 Å². The number of aryl methyl sites for hydroxylation is 1. The van der Waals surface area contributed by atoms with Crippen LogP contribution in [0.25, 0.3) is 0 Å². The van der Waals surface area contributed by atoms with E-state index in [-0.39, 0.29) is 12.5 Å². The summed E-state index contributed by atoms with van der Waals surface area (Å²) in [7, 11) is 0. The van der Waals surface area contributed by atoms with Crippen molar-refractivity contribution in [2.24, 2.45) is 0 Å². The fourth-order valence-electron chi connectivity index (χ4n) is 1.48. The largest absolute Gasteiger partial charge is 0.384 e. The molecule has 0 saturated carbocycles. The standard InChI is InChI=1S/C13H12N2O2S2/c1-2-9-5-7-18-11(9)12(17)15-13-14-8-10(19-13)4-3-6-16/h5,7-8,16H,2,6H2,1H3,(H,14,15,17). The number of hydrogen-bond donors (Lipinski definition) is 2. The number of anilines is 1. The molecule has 0 saturated heterocycles. The monoisotopic (exact) mass is 292 g/mol. The van der Waals surface area contributed by atoms with Crippen LogP contribution in [0, 0.1) is 11.8 Å². The minimum atomic E-state index is -0.186. The van der Waals surface area contributed by atoms with Gasteiger partial charge >= 0.3 is 0 Å². The fourth-order valence-corrected chi connectivity index (χ4v) is 3.06. The van der Waals surface area contributed by atoms with E-state index in [1.165, 1.54) is 22.7 Å². The van der Waals surface area contributed by atoms with Crippen molar-refractivity contribution in [3.05, 3.63) is 33.0 Å². The second-order valence-corrected chi connectivity index (χ2v) is 5.52. The number of aliphatic hydroxyl groups is 1. The SMILES string of the molecule is CCc1ccsc1C(=O)Nc1ncc(C#CCO)s1. The fraction of sp³-hybridized carbons (Fsp3) is 0.231. The zero-order chi connectivity index (χ0) is 13.7. The number of nitrogens with one attached hydrogen (secondary N) is 1. The van der Waals surface area contributed by atoms with Gasteiger partial charge in [0.05, 0.1) is 16.0 Å². The third-order valence-electron chi connectivity index (χ3n) is 2.35. The van der Waals surface area contributed by atoms with Gasteiger partial charge in [-0.05, 0) is 23.4 Å². The van der Waals surface area contributed by atoms with Gasteiger partial charge in [0.15, 0.2) is 5.13 Å². The van der Waals surface area contributed by atoms with E-state index in [1.807, 2.05) is 18.4 Å². The van der Waals surface area contributed by atoms with Crippen molar-refractivity contribution in [2.45, 2.75) is 13.3 Å². The molecule has 2 rings (SSSR count). The summed E-state index contributed by atoms with van der Waals surface area (Å²) in [6.45, 7) is 1.83. The first-order valence-electron chi connectivity index (χ1n) is 5.68. The van der Waals surface area contributed by atoms with Crippen molar-refractivity contribution in [1.29, 1.82) is 0 Å². The summed E-state index contributed by atoms with van der Waals surface area (Å²) in [5.74, 6) is 5.16. The number of hydrogen-bond acceptors (Lipinski definition) is 5. The molecule has 1 amide bonds. The zero-order valence-corrected chi connectivity index (χ0v) is 11.9. The lowest BCUT2D eigenvalue weighted by molar-refractivity contribution is 0.103. The average Bonchev–Trinajstić information content (AvgIpc) is 3.04. The van der Waals surface area contributed by atoms with Crippen LogP contribution in [0.2, 0.25) is 0 Å². The van der Waals surface area contributed by atoms with E-state index in [0.29, 0.717) is 10.0 Å². The Kier molecular flexibility index (Phi) is 4.68. The minimum absolute atomic E-state index is 0.136. The number of aliphatic hydroxyl groups excluding tert-OH is 1. The van der Waals surface area contributed by atoms with Gasteiger partial charge in [0, 0.05) is 0 Å². The van der Waals surface area contributed by atoms with Gasteiger partial charge < -0.3 is 5.11 Å². The van der Waals surface area contributed by atoms with Crippen LogP contribution in [0.3, 0.4) is 0 Å². The Labute approximate surface area is 119 Å². The minimum Gasteiger partial charge on any atom is -0.384 e. The van der Waals surface area contributed by atoms with E-state index >= 15 is 0 Å². The Morgan fingerprint density at radius 1 is 1.58 bits per heavy atom. The Morgan fingerprint density at radius 2 is 2.42 bits per heavy atom. The maximum absolute atomic E-state index is 12.1. The van der Waals surface area contributed by atoms with Crippen molar-refractivity contribution in [1.82, 2.24) is 4.98 Å². The summed E-state index contributed by atoms with van der Waals surface area (Å²) in [5.41, 5.74) is 1.04. The molecule has 6 heteroatoms. The van der Waals surface area contributed by atoms with Gasteiger partial charge in [-0.2, -0.15) is 0 Å². The second kappa shape index (κ2) is 6.48. The van der Waals surface area contributed by atoms with Gasteiger partial charge in [0.2, 0.25) is 0 Å². The highest BCUT2D eigenvalue weighted by Gasteiger charge is 2.13. The van der Waals surface area contributed by atoms with Crippen LogP contribution in [0.5, 0.6) is 0 Å². The zero-order valence-electron chi connectivity index (χ0n) is 10.3. The van der Waals surface area contributed by atoms with E-state index in [0.717, 1.165) is 16.9 Å². The highest BCUT2D eigenvalue weighted by atomic mass is 32.1. The summed E-state index contributed by atoms with van der Waals surface area (Å²) in [5, 5.41) is 13.8. The molecule has 0 unspecified atom stereocenters. The maximum atomic E-state index is 12.1. The van der Waals surface area contributed by atoms with Crippen molar-refractivity contribution < 1.29 is 9.90 Å². The molecule has 0 bridgehead atoms. The Bertz CT molecular complexity index is 634. The molecule has 0 atom stereocenters. The second-order valence-electron chi connectivity index (χ2n) is 3.57. The lowest BCUT2D eigenvalue weighted by Gasteiger charge is -2.01. The summed E-state index contributed by atoms with van der Waals surface area (Å²) >= 11 is 2.71. The number of thiophene rings is 1. The molecule has 0 fully saturated rings. The lowest BCUT2D eigenvalue weighted by atomic mass is 10.2. The van der Waals surface area contributed by atoms with E-state index < -0.39 is 0 Å². The van der Waals surface area contributed by atoms with Crippen LogP contribution in [-0.4, -0.2) is 22.6 Å². The number of carbonyl (C=O) groups excluding carboxylic acids is 1. The quantitative estimate of drug-likeness (QED) is 0.854. The van der Waals surface area contributed by atoms with E-state index in [1.54, 1.807) is 6.20 Å². The first kappa shape index (κ1) is 13.7. The van der Waals surface area contributed by atoms with Gasteiger partial charge in [0.1, 0.15) is 6.61 Å². The summed E-state index contributed by atoms with van der Waals surface area (Å²) < 4.78 is 0. The van der Waals surface area contributed by atoms with Crippen molar-refractivity contribution in [3.63, 3.8) is 0 Å². The third-order valence-corrected chi connectivity index (χ3v) is 4.13. The van der Waals surface area contributed by atoms with Crippen LogP contribution in [0.15, 0.2) is 17.6 Å². The van der Waals surface area contributed by atoms with Gasteiger partial charge in [-0.25, -0.2) is 4.98 Å². The molecule has 2 aromatic rings. The molecule has 2 aromatic heterocycles. The maximum Gasteiger partial charge on any atom is 0.267 e.